The van der Waals surface area contributed by atoms with Crippen molar-refractivity contribution in [2.24, 2.45) is 5.92 Å². The van der Waals surface area contributed by atoms with Crippen LogP contribution in [0.15, 0.2) is 54.7 Å². The summed E-state index contributed by atoms with van der Waals surface area (Å²) in [5.41, 5.74) is 3.58. The van der Waals surface area contributed by atoms with E-state index in [4.69, 9.17) is 16.6 Å². The third kappa shape index (κ3) is 5.77. The number of nitrogens with one attached hydrogen (secondary N) is 2. The van der Waals surface area contributed by atoms with Crippen LogP contribution in [0.25, 0.3) is 11.3 Å². The fourth-order valence-corrected chi connectivity index (χ4v) is 3.91. The van der Waals surface area contributed by atoms with Crippen LogP contribution >= 0.6 is 11.6 Å². The first-order valence-corrected chi connectivity index (χ1v) is 10.4. The van der Waals surface area contributed by atoms with Gasteiger partial charge in [0, 0.05) is 24.0 Å². The molecule has 4 nitrogen and oxygen atoms in total. The van der Waals surface area contributed by atoms with Crippen LogP contribution in [0.5, 0.6) is 0 Å². The van der Waals surface area contributed by atoms with Gasteiger partial charge in [-0.05, 0) is 74.2 Å². The van der Waals surface area contributed by atoms with Crippen molar-refractivity contribution in [3.8, 4) is 11.3 Å². The maximum atomic E-state index is 13.4. The molecular weight excluding hydrogens is 399 g/mol. The Morgan fingerprint density at radius 2 is 2.03 bits per heavy atom. The van der Waals surface area contributed by atoms with Crippen LogP contribution in [-0.4, -0.2) is 23.1 Å². The molecule has 0 unspecified atom stereocenters. The summed E-state index contributed by atoms with van der Waals surface area (Å²) in [5, 5.41) is 7.29. The minimum atomic E-state index is -0.240. The summed E-state index contributed by atoms with van der Waals surface area (Å²) < 4.78 is 13.4. The van der Waals surface area contributed by atoms with Crippen LogP contribution in [-0.2, 0) is 13.0 Å². The minimum absolute atomic E-state index is 0. The third-order valence-electron chi connectivity index (χ3n) is 5.20. The predicted molar refractivity (Wildman–Crippen MR) is 122 cm³/mol. The highest BCUT2D eigenvalue weighted by Gasteiger charge is 2.16. The van der Waals surface area contributed by atoms with E-state index in [1.54, 1.807) is 12.3 Å². The molecule has 1 aromatic carbocycles. The van der Waals surface area contributed by atoms with E-state index >= 15 is 0 Å². The van der Waals surface area contributed by atoms with Gasteiger partial charge in [0.15, 0.2) is 0 Å². The maximum absolute atomic E-state index is 13.4. The monoisotopic (exact) mass is 426 g/mol. The zero-order valence-corrected chi connectivity index (χ0v) is 16.9. The molecule has 4 rings (SSSR count). The second-order valence-corrected chi connectivity index (χ2v) is 7.87. The number of hydrogen-bond donors (Lipinski definition) is 2. The van der Waals surface area contributed by atoms with Crippen molar-refractivity contribution in [2.75, 3.05) is 18.4 Å². The van der Waals surface area contributed by atoms with E-state index in [2.05, 4.69) is 21.7 Å². The first-order chi connectivity index (χ1) is 14.2. The summed E-state index contributed by atoms with van der Waals surface area (Å²) in [6.45, 7) is 2.64. The molecule has 0 amide bonds. The second-order valence-electron chi connectivity index (χ2n) is 7.46. The molecule has 2 N–H and O–H groups in total. The lowest BCUT2D eigenvalue weighted by molar-refractivity contribution is 0.373. The fraction of sp³-hybridized carbons (Fsp3) is 0.333. The van der Waals surface area contributed by atoms with Gasteiger partial charge in [0.1, 0.15) is 11.6 Å². The lowest BCUT2D eigenvalue weighted by atomic mass is 9.94. The van der Waals surface area contributed by atoms with Gasteiger partial charge in [-0.15, -0.1) is 0 Å². The highest BCUT2D eigenvalue weighted by atomic mass is 35.5. The largest absolute Gasteiger partial charge is 0.366 e. The van der Waals surface area contributed by atoms with E-state index in [1.165, 1.54) is 25.0 Å². The highest BCUT2D eigenvalue weighted by Crippen LogP contribution is 2.28. The molecule has 1 aliphatic rings. The van der Waals surface area contributed by atoms with Gasteiger partial charge in [-0.3, -0.25) is 4.98 Å². The van der Waals surface area contributed by atoms with Crippen LogP contribution in [0, 0.1) is 11.7 Å². The van der Waals surface area contributed by atoms with Crippen molar-refractivity contribution >= 4 is 17.4 Å². The molecule has 1 saturated heterocycles. The molecule has 0 bridgehead atoms. The Balaban J connectivity index is 0.00000256. The van der Waals surface area contributed by atoms with E-state index in [0.717, 1.165) is 47.8 Å². The van der Waals surface area contributed by atoms with Crippen LogP contribution in [0.3, 0.4) is 0 Å². The molecule has 0 spiro atoms. The van der Waals surface area contributed by atoms with E-state index in [9.17, 15) is 4.39 Å². The van der Waals surface area contributed by atoms with Crippen LogP contribution in [0.4, 0.5) is 10.2 Å². The Kier molecular flexibility index (Phi) is 7.77. The summed E-state index contributed by atoms with van der Waals surface area (Å²) >= 11 is 6.44. The SMILES string of the molecule is C.Fc1cccc(CNc2cccc(-c3cc(C[C@@H]4CCCNC4)ncc3Cl)n2)c1. The molecule has 158 valence electrons. The van der Waals surface area contributed by atoms with Crippen molar-refractivity contribution in [3.63, 3.8) is 0 Å². The number of piperidine rings is 1. The van der Waals surface area contributed by atoms with Gasteiger partial charge in [-0.2, -0.15) is 0 Å². The molecule has 1 aliphatic heterocycles. The van der Waals surface area contributed by atoms with E-state index in [1.807, 2.05) is 24.3 Å². The molecule has 3 aromatic rings. The number of aromatic nitrogens is 2. The summed E-state index contributed by atoms with van der Waals surface area (Å²) in [7, 11) is 0. The quantitative estimate of drug-likeness (QED) is 0.528. The Hall–Kier alpha value is -2.50. The highest BCUT2D eigenvalue weighted by molar-refractivity contribution is 6.33. The molecule has 2 aromatic heterocycles. The van der Waals surface area contributed by atoms with Gasteiger partial charge < -0.3 is 10.6 Å². The average Bonchev–Trinajstić information content (AvgIpc) is 2.75. The Labute approximate surface area is 182 Å². The lowest BCUT2D eigenvalue weighted by Crippen LogP contribution is -2.31. The van der Waals surface area contributed by atoms with Crippen LogP contribution in [0.2, 0.25) is 5.02 Å². The van der Waals surface area contributed by atoms with Gasteiger partial charge in [-0.25, -0.2) is 9.37 Å². The lowest BCUT2D eigenvalue weighted by Gasteiger charge is -2.22. The van der Waals surface area contributed by atoms with E-state index in [0.29, 0.717) is 17.5 Å². The predicted octanol–water partition coefficient (Wildman–Crippen LogP) is 5.73. The van der Waals surface area contributed by atoms with Gasteiger partial charge in [0.05, 0.1) is 10.7 Å². The summed E-state index contributed by atoms with van der Waals surface area (Å²) in [6, 6.07) is 14.4. The van der Waals surface area contributed by atoms with Crippen molar-refractivity contribution in [2.45, 2.75) is 33.2 Å². The second kappa shape index (κ2) is 10.5. The van der Waals surface area contributed by atoms with Crippen LogP contribution in [0.1, 0.15) is 31.5 Å². The fourth-order valence-electron chi connectivity index (χ4n) is 3.71. The van der Waals surface area contributed by atoms with Crippen molar-refractivity contribution < 1.29 is 4.39 Å². The van der Waals surface area contributed by atoms with Gasteiger partial charge in [0.2, 0.25) is 0 Å². The topological polar surface area (TPSA) is 49.8 Å². The van der Waals surface area contributed by atoms with Gasteiger partial charge >= 0.3 is 0 Å². The Morgan fingerprint density at radius 1 is 1.17 bits per heavy atom. The zero-order valence-electron chi connectivity index (χ0n) is 16.2. The average molecular weight is 427 g/mol. The summed E-state index contributed by atoms with van der Waals surface area (Å²) in [6.07, 6.45) is 5.10. The Morgan fingerprint density at radius 3 is 2.83 bits per heavy atom. The standard InChI is InChI=1S/C23H24ClFN4.CH4/c24-21-15-27-19(11-17-5-3-9-26-13-17)12-20(21)22-7-2-8-23(29-22)28-14-16-4-1-6-18(25)10-16;/h1-2,4,6-8,10,12,15,17,26H,3,5,9,11,13-14H2,(H,28,29);1H4/t17-;/m0./s1. The third-order valence-corrected chi connectivity index (χ3v) is 5.50. The summed E-state index contributed by atoms with van der Waals surface area (Å²) in [5.74, 6) is 1.09. The van der Waals surface area contributed by atoms with Crippen molar-refractivity contribution in [3.05, 3.63) is 76.8 Å². The van der Waals surface area contributed by atoms with Crippen molar-refractivity contribution in [1.29, 1.82) is 0 Å². The van der Waals surface area contributed by atoms with E-state index < -0.39 is 0 Å². The number of benzene rings is 1. The van der Waals surface area contributed by atoms with Crippen molar-refractivity contribution in [1.82, 2.24) is 15.3 Å². The molecule has 3 heterocycles. The molecule has 0 aliphatic carbocycles. The molecule has 0 saturated carbocycles. The number of nitrogens with zero attached hydrogens (tertiary/aromatic N) is 2. The number of halogens is 2. The minimum Gasteiger partial charge on any atom is -0.366 e. The first-order valence-electron chi connectivity index (χ1n) is 9.98. The number of hydrogen-bond acceptors (Lipinski definition) is 4. The molecule has 30 heavy (non-hydrogen) atoms. The zero-order chi connectivity index (χ0) is 20.1. The molecular formula is C24H28ClFN4. The normalized spacial score (nSPS) is 16.0. The molecule has 1 fully saturated rings. The first kappa shape index (κ1) is 22.2. The summed E-state index contributed by atoms with van der Waals surface area (Å²) in [4.78, 5) is 9.23. The van der Waals surface area contributed by atoms with Gasteiger partial charge in [-0.1, -0.05) is 37.2 Å². The smallest absolute Gasteiger partial charge is 0.126 e. The van der Waals surface area contributed by atoms with E-state index in [-0.39, 0.29) is 13.2 Å². The Bertz CT molecular complexity index is 973. The molecule has 6 heteroatoms. The number of anilines is 1. The number of rotatable bonds is 6. The molecule has 1 atom stereocenters. The van der Waals surface area contributed by atoms with Crippen LogP contribution < -0.4 is 10.6 Å². The van der Waals surface area contributed by atoms with Gasteiger partial charge in [0.25, 0.3) is 0 Å². The number of pyridine rings is 2. The molecule has 0 radical (unpaired) electrons. The maximum Gasteiger partial charge on any atom is 0.126 e.